The molecule has 1 N–H and O–H groups in total. The fourth-order valence-corrected chi connectivity index (χ4v) is 1.88. The van der Waals surface area contributed by atoms with Crippen LogP contribution in [0.25, 0.3) is 0 Å². The number of aliphatic hydroxyl groups excluding tert-OH is 1. The van der Waals surface area contributed by atoms with Crippen LogP contribution in [0.1, 0.15) is 39.0 Å². The average Bonchev–Trinajstić information content (AvgIpc) is 2.27. The van der Waals surface area contributed by atoms with Gasteiger partial charge in [-0.25, -0.2) is 4.79 Å². The third kappa shape index (κ3) is 4.47. The van der Waals surface area contributed by atoms with Crippen molar-refractivity contribution in [1.82, 2.24) is 0 Å². The van der Waals surface area contributed by atoms with Crippen molar-refractivity contribution in [2.45, 2.75) is 39.0 Å². The number of carbonyl (C=O) groups is 1. The minimum Gasteiger partial charge on any atom is -0.462 e. The number of rotatable bonds is 4. The molecular weight excluding hydrogens is 192 g/mol. The van der Waals surface area contributed by atoms with E-state index < -0.39 is 0 Å². The van der Waals surface area contributed by atoms with E-state index in [4.69, 9.17) is 9.84 Å². The first-order chi connectivity index (χ1) is 7.24. The molecule has 1 rings (SSSR count). The topological polar surface area (TPSA) is 46.5 Å². The fraction of sp³-hybridized carbons (Fsp3) is 0.750. The van der Waals surface area contributed by atoms with Gasteiger partial charge < -0.3 is 9.84 Å². The van der Waals surface area contributed by atoms with Crippen LogP contribution in [0.5, 0.6) is 0 Å². The van der Waals surface area contributed by atoms with Crippen LogP contribution in [0.3, 0.4) is 0 Å². The molecule has 0 amide bonds. The molecule has 0 aromatic heterocycles. The minimum absolute atomic E-state index is 0.107. The van der Waals surface area contributed by atoms with Crippen LogP contribution in [0.2, 0.25) is 0 Å². The summed E-state index contributed by atoms with van der Waals surface area (Å²) in [4.78, 5) is 11.4. The number of esters is 1. The molecule has 3 heteroatoms. The first kappa shape index (κ1) is 12.2. The van der Waals surface area contributed by atoms with Gasteiger partial charge >= 0.3 is 5.97 Å². The van der Waals surface area contributed by atoms with E-state index in [0.717, 1.165) is 0 Å². The van der Waals surface area contributed by atoms with Crippen molar-refractivity contribution in [3.63, 3.8) is 0 Å². The summed E-state index contributed by atoms with van der Waals surface area (Å²) in [6.45, 7) is 2.10. The summed E-state index contributed by atoms with van der Waals surface area (Å²) in [7, 11) is 0. The van der Waals surface area contributed by atoms with Crippen molar-refractivity contribution in [2.75, 3.05) is 13.2 Å². The second kappa shape index (κ2) is 6.62. The van der Waals surface area contributed by atoms with Gasteiger partial charge in [-0.1, -0.05) is 19.3 Å². The van der Waals surface area contributed by atoms with Gasteiger partial charge in [-0.3, -0.25) is 0 Å². The van der Waals surface area contributed by atoms with Crippen LogP contribution in [0.15, 0.2) is 11.6 Å². The van der Waals surface area contributed by atoms with Crippen molar-refractivity contribution in [3.8, 4) is 0 Å². The van der Waals surface area contributed by atoms with Crippen molar-refractivity contribution in [1.29, 1.82) is 0 Å². The molecule has 15 heavy (non-hydrogen) atoms. The SMILES string of the molecule is CC(=CCO)C(=O)OCC1CCCCC1. The zero-order chi connectivity index (χ0) is 11.1. The number of carbonyl (C=O) groups excluding carboxylic acids is 1. The van der Waals surface area contributed by atoms with Crippen LogP contribution in [-0.4, -0.2) is 24.3 Å². The second-order valence-corrected chi connectivity index (χ2v) is 4.17. The molecule has 0 atom stereocenters. The second-order valence-electron chi connectivity index (χ2n) is 4.17. The highest BCUT2D eigenvalue weighted by Gasteiger charge is 2.15. The largest absolute Gasteiger partial charge is 0.462 e. The molecule has 1 saturated carbocycles. The Hall–Kier alpha value is -0.830. The number of hydrogen-bond donors (Lipinski definition) is 1. The highest BCUT2D eigenvalue weighted by molar-refractivity contribution is 5.87. The molecule has 0 aromatic rings. The van der Waals surface area contributed by atoms with Crippen LogP contribution in [-0.2, 0) is 9.53 Å². The van der Waals surface area contributed by atoms with Crippen LogP contribution in [0, 0.1) is 5.92 Å². The molecule has 1 aliphatic carbocycles. The molecule has 0 radical (unpaired) electrons. The first-order valence-corrected chi connectivity index (χ1v) is 5.68. The standard InChI is InChI=1S/C12H20O3/c1-10(7-8-13)12(14)15-9-11-5-3-2-4-6-11/h7,11,13H,2-6,8-9H2,1H3. The molecular formula is C12H20O3. The monoisotopic (exact) mass is 212 g/mol. The molecule has 0 aromatic carbocycles. The van der Waals surface area contributed by atoms with Gasteiger partial charge in [0.15, 0.2) is 0 Å². The smallest absolute Gasteiger partial charge is 0.333 e. The number of hydrogen-bond acceptors (Lipinski definition) is 3. The quantitative estimate of drug-likeness (QED) is 0.573. The summed E-state index contributed by atoms with van der Waals surface area (Å²) in [5.74, 6) is 0.249. The molecule has 0 unspecified atom stereocenters. The minimum atomic E-state index is -0.297. The molecule has 86 valence electrons. The summed E-state index contributed by atoms with van der Waals surface area (Å²) >= 11 is 0. The van der Waals surface area contributed by atoms with Gasteiger partial charge in [0.25, 0.3) is 0 Å². The van der Waals surface area contributed by atoms with Gasteiger partial charge in [0.2, 0.25) is 0 Å². The van der Waals surface area contributed by atoms with Gasteiger partial charge in [-0.2, -0.15) is 0 Å². The van der Waals surface area contributed by atoms with Gasteiger partial charge in [0, 0.05) is 5.57 Å². The molecule has 0 spiro atoms. The Bertz CT molecular complexity index is 227. The molecule has 0 aliphatic heterocycles. The fourth-order valence-electron chi connectivity index (χ4n) is 1.88. The van der Waals surface area contributed by atoms with E-state index in [2.05, 4.69) is 0 Å². The van der Waals surface area contributed by atoms with E-state index in [1.807, 2.05) is 0 Å². The maximum absolute atomic E-state index is 11.4. The summed E-state index contributed by atoms with van der Waals surface area (Å²) in [5, 5.41) is 8.62. The van der Waals surface area contributed by atoms with Gasteiger partial charge in [-0.15, -0.1) is 0 Å². The molecule has 0 bridgehead atoms. The van der Waals surface area contributed by atoms with E-state index in [0.29, 0.717) is 18.1 Å². The molecule has 3 nitrogen and oxygen atoms in total. The lowest BCUT2D eigenvalue weighted by atomic mass is 9.90. The Morgan fingerprint density at radius 3 is 2.67 bits per heavy atom. The maximum Gasteiger partial charge on any atom is 0.333 e. The lowest BCUT2D eigenvalue weighted by Crippen LogP contribution is -2.17. The van der Waals surface area contributed by atoms with E-state index in [-0.39, 0.29) is 12.6 Å². The van der Waals surface area contributed by atoms with Crippen LogP contribution >= 0.6 is 0 Å². The van der Waals surface area contributed by atoms with E-state index in [1.165, 1.54) is 38.2 Å². The molecule has 0 heterocycles. The summed E-state index contributed by atoms with van der Waals surface area (Å²) in [6.07, 6.45) is 7.66. The summed E-state index contributed by atoms with van der Waals surface area (Å²) in [5.41, 5.74) is 0.494. The van der Waals surface area contributed by atoms with Crippen molar-refractivity contribution in [2.24, 2.45) is 5.92 Å². The lowest BCUT2D eigenvalue weighted by Gasteiger charge is -2.21. The predicted octanol–water partition coefficient (Wildman–Crippen LogP) is 2.05. The van der Waals surface area contributed by atoms with E-state index in [1.54, 1.807) is 6.92 Å². The predicted molar refractivity (Wildman–Crippen MR) is 58.4 cm³/mol. The summed E-state index contributed by atoms with van der Waals surface area (Å²) < 4.78 is 5.18. The molecule has 0 saturated heterocycles. The van der Waals surface area contributed by atoms with Crippen molar-refractivity contribution in [3.05, 3.63) is 11.6 Å². The zero-order valence-electron chi connectivity index (χ0n) is 9.37. The lowest BCUT2D eigenvalue weighted by molar-refractivity contribution is -0.140. The van der Waals surface area contributed by atoms with E-state index in [9.17, 15) is 4.79 Å². The summed E-state index contributed by atoms with van der Waals surface area (Å²) in [6, 6.07) is 0. The van der Waals surface area contributed by atoms with Crippen molar-refractivity contribution >= 4 is 5.97 Å². The van der Waals surface area contributed by atoms with Crippen molar-refractivity contribution < 1.29 is 14.6 Å². The van der Waals surface area contributed by atoms with Crippen LogP contribution in [0.4, 0.5) is 0 Å². The first-order valence-electron chi connectivity index (χ1n) is 5.68. The Balaban J connectivity index is 2.23. The van der Waals surface area contributed by atoms with Crippen LogP contribution < -0.4 is 0 Å². The third-order valence-corrected chi connectivity index (χ3v) is 2.89. The normalized spacial score (nSPS) is 18.9. The Morgan fingerprint density at radius 1 is 1.40 bits per heavy atom. The number of ether oxygens (including phenoxy) is 1. The molecule has 1 fully saturated rings. The van der Waals surface area contributed by atoms with Gasteiger partial charge in [0.05, 0.1) is 13.2 Å². The number of aliphatic hydroxyl groups is 1. The maximum atomic E-state index is 11.4. The zero-order valence-corrected chi connectivity index (χ0v) is 9.37. The third-order valence-electron chi connectivity index (χ3n) is 2.89. The Labute approximate surface area is 91.1 Å². The van der Waals surface area contributed by atoms with E-state index >= 15 is 0 Å². The average molecular weight is 212 g/mol. The Kier molecular flexibility index (Phi) is 5.40. The van der Waals surface area contributed by atoms with Gasteiger partial charge in [0.1, 0.15) is 0 Å². The Morgan fingerprint density at radius 2 is 2.07 bits per heavy atom. The van der Waals surface area contributed by atoms with Gasteiger partial charge in [-0.05, 0) is 31.8 Å². The molecule has 1 aliphatic rings. The highest BCUT2D eigenvalue weighted by atomic mass is 16.5. The highest BCUT2D eigenvalue weighted by Crippen LogP contribution is 2.23.